The van der Waals surface area contributed by atoms with E-state index < -0.39 is 0 Å². The van der Waals surface area contributed by atoms with E-state index in [1.807, 2.05) is 26.1 Å². The van der Waals surface area contributed by atoms with E-state index in [1.165, 1.54) is 4.88 Å². The summed E-state index contributed by atoms with van der Waals surface area (Å²) in [6.07, 6.45) is 0. The highest BCUT2D eigenvalue weighted by atomic mass is 32.1. The van der Waals surface area contributed by atoms with Crippen LogP contribution in [-0.4, -0.2) is 42.6 Å². The molecule has 6 nitrogen and oxygen atoms in total. The van der Waals surface area contributed by atoms with Crippen LogP contribution in [0.4, 0.5) is 0 Å². The van der Waals surface area contributed by atoms with Crippen LogP contribution in [-0.2, 0) is 13.1 Å². The Bertz CT molecular complexity index is 768. The van der Waals surface area contributed by atoms with Gasteiger partial charge in [-0.25, -0.2) is 9.98 Å². The van der Waals surface area contributed by atoms with Gasteiger partial charge < -0.3 is 19.7 Å². The average molecular weight is 375 g/mol. The highest BCUT2D eigenvalue weighted by Crippen LogP contribution is 2.31. The van der Waals surface area contributed by atoms with Crippen molar-refractivity contribution in [2.24, 2.45) is 4.99 Å². The van der Waals surface area contributed by atoms with Crippen LogP contribution in [0.25, 0.3) is 0 Å². The van der Waals surface area contributed by atoms with Gasteiger partial charge in [0, 0.05) is 25.0 Å². The number of hydrogen-bond acceptors (Lipinski definition) is 5. The molecule has 0 saturated carbocycles. The first-order chi connectivity index (χ1) is 12.6. The molecular weight excluding hydrogens is 348 g/mol. The highest BCUT2D eigenvalue weighted by molar-refractivity contribution is 7.11. The maximum absolute atomic E-state index is 5.68. The molecular formula is C19H26N4O2S. The molecule has 0 amide bonds. The first kappa shape index (κ1) is 18.5. The maximum atomic E-state index is 5.68. The molecule has 0 spiro atoms. The molecule has 1 N–H and O–H groups in total. The summed E-state index contributed by atoms with van der Waals surface area (Å²) in [5.41, 5.74) is 2.25. The van der Waals surface area contributed by atoms with E-state index in [0.29, 0.717) is 19.8 Å². The molecule has 0 bridgehead atoms. The molecule has 1 aromatic heterocycles. The van der Waals surface area contributed by atoms with Crippen LogP contribution >= 0.6 is 11.3 Å². The fraction of sp³-hybridized carbons (Fsp3) is 0.474. The Hall–Kier alpha value is -2.28. The summed E-state index contributed by atoms with van der Waals surface area (Å²) in [5, 5.41) is 4.40. The van der Waals surface area contributed by atoms with E-state index in [0.717, 1.165) is 46.8 Å². The topological polar surface area (TPSA) is 59.0 Å². The summed E-state index contributed by atoms with van der Waals surface area (Å²) >= 11 is 1.71. The number of ether oxygens (including phenoxy) is 2. The summed E-state index contributed by atoms with van der Waals surface area (Å²) in [6.45, 7) is 9.57. The lowest BCUT2D eigenvalue weighted by atomic mass is 10.2. The Morgan fingerprint density at radius 3 is 2.73 bits per heavy atom. The van der Waals surface area contributed by atoms with Crippen LogP contribution in [0.2, 0.25) is 0 Å². The van der Waals surface area contributed by atoms with Gasteiger partial charge in [0.1, 0.15) is 18.2 Å². The second kappa shape index (κ2) is 8.40. The number of thiazole rings is 1. The number of aromatic nitrogens is 1. The lowest BCUT2D eigenvalue weighted by molar-refractivity contribution is 0.171. The van der Waals surface area contributed by atoms with E-state index in [9.17, 15) is 0 Å². The van der Waals surface area contributed by atoms with E-state index in [1.54, 1.807) is 11.3 Å². The highest BCUT2D eigenvalue weighted by Gasteiger charge is 2.14. The lowest BCUT2D eigenvalue weighted by Crippen LogP contribution is -2.38. The molecule has 0 radical (unpaired) electrons. The van der Waals surface area contributed by atoms with Gasteiger partial charge in [-0.05, 0) is 38.5 Å². The molecule has 0 atom stereocenters. The van der Waals surface area contributed by atoms with E-state index in [2.05, 4.69) is 35.1 Å². The number of aryl methyl sites for hydroxylation is 2. The third kappa shape index (κ3) is 4.46. The Morgan fingerprint density at radius 2 is 2.04 bits per heavy atom. The predicted molar refractivity (Wildman–Crippen MR) is 105 cm³/mol. The fourth-order valence-corrected chi connectivity index (χ4v) is 3.61. The number of benzene rings is 1. The van der Waals surface area contributed by atoms with Gasteiger partial charge in [0.15, 0.2) is 17.5 Å². The summed E-state index contributed by atoms with van der Waals surface area (Å²) in [4.78, 5) is 12.7. The van der Waals surface area contributed by atoms with Gasteiger partial charge in [-0.2, -0.15) is 0 Å². The van der Waals surface area contributed by atoms with Crippen LogP contribution in [0, 0.1) is 13.8 Å². The fourth-order valence-electron chi connectivity index (χ4n) is 2.75. The van der Waals surface area contributed by atoms with Crippen molar-refractivity contribution in [1.29, 1.82) is 0 Å². The van der Waals surface area contributed by atoms with Crippen molar-refractivity contribution in [2.75, 3.05) is 26.8 Å². The van der Waals surface area contributed by atoms with Crippen molar-refractivity contribution in [1.82, 2.24) is 15.2 Å². The summed E-state index contributed by atoms with van der Waals surface area (Å²) in [6, 6.07) is 6.09. The van der Waals surface area contributed by atoms with Crippen molar-refractivity contribution in [2.45, 2.75) is 33.9 Å². The minimum atomic E-state index is 0.590. The third-order valence-corrected chi connectivity index (χ3v) is 5.22. The van der Waals surface area contributed by atoms with Crippen LogP contribution in [0.3, 0.4) is 0 Å². The van der Waals surface area contributed by atoms with Crippen molar-refractivity contribution in [3.05, 3.63) is 39.3 Å². The minimum absolute atomic E-state index is 0.590. The Balaban J connectivity index is 1.69. The lowest BCUT2D eigenvalue weighted by Gasteiger charge is -2.23. The first-order valence-electron chi connectivity index (χ1n) is 8.87. The van der Waals surface area contributed by atoms with Gasteiger partial charge in [-0.15, -0.1) is 11.3 Å². The number of nitrogens with one attached hydrogen (secondary N) is 1. The molecule has 2 heterocycles. The van der Waals surface area contributed by atoms with E-state index in [-0.39, 0.29) is 0 Å². The van der Waals surface area contributed by atoms with Crippen molar-refractivity contribution >= 4 is 17.3 Å². The molecule has 7 heteroatoms. The number of rotatable bonds is 5. The first-order valence-corrected chi connectivity index (χ1v) is 9.69. The molecule has 1 aliphatic rings. The molecule has 3 rings (SSSR count). The van der Waals surface area contributed by atoms with E-state index >= 15 is 0 Å². The SMILES string of the molecule is CCNC(=NCc1nc(C)c(C)s1)N(C)Cc1ccc2c(c1)OCCO2. The van der Waals surface area contributed by atoms with Crippen molar-refractivity contribution < 1.29 is 9.47 Å². The van der Waals surface area contributed by atoms with Crippen LogP contribution in [0.15, 0.2) is 23.2 Å². The molecule has 1 aliphatic heterocycles. The van der Waals surface area contributed by atoms with Gasteiger partial charge in [0.05, 0.1) is 12.2 Å². The van der Waals surface area contributed by atoms with E-state index in [4.69, 9.17) is 14.5 Å². The van der Waals surface area contributed by atoms with Gasteiger partial charge >= 0.3 is 0 Å². The van der Waals surface area contributed by atoms with Crippen molar-refractivity contribution in [3.63, 3.8) is 0 Å². The van der Waals surface area contributed by atoms with Gasteiger partial charge in [0.25, 0.3) is 0 Å². The summed E-state index contributed by atoms with van der Waals surface area (Å²) < 4.78 is 11.3. The Labute approximate surface area is 158 Å². The summed E-state index contributed by atoms with van der Waals surface area (Å²) in [7, 11) is 2.04. The number of aliphatic imine (C=N–C) groups is 1. The van der Waals surface area contributed by atoms with Gasteiger partial charge in [-0.1, -0.05) is 6.07 Å². The van der Waals surface area contributed by atoms with Crippen molar-refractivity contribution in [3.8, 4) is 11.5 Å². The van der Waals surface area contributed by atoms with Gasteiger partial charge in [-0.3, -0.25) is 0 Å². The zero-order valence-corrected chi connectivity index (χ0v) is 16.7. The van der Waals surface area contributed by atoms with Crippen LogP contribution in [0.1, 0.15) is 28.1 Å². The quantitative estimate of drug-likeness (QED) is 0.644. The molecule has 0 fully saturated rings. The molecule has 140 valence electrons. The smallest absolute Gasteiger partial charge is 0.194 e. The van der Waals surface area contributed by atoms with Gasteiger partial charge in [0.2, 0.25) is 0 Å². The second-order valence-electron chi connectivity index (χ2n) is 6.25. The molecule has 0 saturated heterocycles. The zero-order chi connectivity index (χ0) is 18.5. The third-order valence-electron chi connectivity index (χ3n) is 4.16. The maximum Gasteiger partial charge on any atom is 0.194 e. The number of guanidine groups is 1. The van der Waals surface area contributed by atoms with Crippen LogP contribution < -0.4 is 14.8 Å². The Kier molecular flexibility index (Phi) is 5.98. The largest absolute Gasteiger partial charge is 0.486 e. The molecule has 2 aromatic rings. The Morgan fingerprint density at radius 1 is 1.27 bits per heavy atom. The zero-order valence-electron chi connectivity index (χ0n) is 15.8. The number of nitrogens with zero attached hydrogens (tertiary/aromatic N) is 3. The normalized spacial score (nSPS) is 13.6. The monoisotopic (exact) mass is 374 g/mol. The minimum Gasteiger partial charge on any atom is -0.486 e. The average Bonchev–Trinajstić information content (AvgIpc) is 2.96. The molecule has 0 unspecified atom stereocenters. The predicted octanol–water partition coefficient (Wildman–Crippen LogP) is 3.13. The van der Waals surface area contributed by atoms with Crippen LogP contribution in [0.5, 0.6) is 11.5 Å². The summed E-state index contributed by atoms with van der Waals surface area (Å²) in [5.74, 6) is 2.50. The number of fused-ring (bicyclic) bond motifs is 1. The standard InChI is InChI=1S/C19H26N4O2S/c1-5-20-19(21-11-18-22-13(2)14(3)26-18)23(4)12-15-6-7-16-17(10-15)25-9-8-24-16/h6-7,10H,5,8-9,11-12H2,1-4H3,(H,20,21). The molecule has 26 heavy (non-hydrogen) atoms. The molecule has 1 aromatic carbocycles. The molecule has 0 aliphatic carbocycles. The number of hydrogen-bond donors (Lipinski definition) is 1. The second-order valence-corrected chi connectivity index (χ2v) is 7.54.